The van der Waals surface area contributed by atoms with Crippen LogP contribution in [-0.4, -0.2) is 10.9 Å². The number of carbonyl (C=O) groups is 1. The van der Waals surface area contributed by atoms with E-state index in [0.717, 1.165) is 17.7 Å². The molecule has 0 spiro atoms. The van der Waals surface area contributed by atoms with Gasteiger partial charge in [0.05, 0.1) is 17.6 Å². The Balaban J connectivity index is 1.70. The first-order chi connectivity index (χ1) is 12.0. The van der Waals surface area contributed by atoms with Gasteiger partial charge < -0.3 is 10.6 Å². The minimum absolute atomic E-state index is 0.139. The molecule has 0 saturated heterocycles. The lowest BCUT2D eigenvalue weighted by Crippen LogP contribution is -2.14. The van der Waals surface area contributed by atoms with E-state index in [1.165, 1.54) is 12.3 Å². The van der Waals surface area contributed by atoms with Gasteiger partial charge in [-0.25, -0.2) is 13.8 Å². The van der Waals surface area contributed by atoms with Gasteiger partial charge in [0.15, 0.2) is 0 Å². The number of benzene rings is 2. The third-order valence-electron chi connectivity index (χ3n) is 3.60. The van der Waals surface area contributed by atoms with Crippen LogP contribution < -0.4 is 10.6 Å². The molecule has 0 radical (unpaired) electrons. The second-order valence-corrected chi connectivity index (χ2v) is 5.45. The fraction of sp³-hybridized carbons (Fsp3) is 0.0526. The average Bonchev–Trinajstić information content (AvgIpc) is 2.59. The minimum atomic E-state index is -0.697. The van der Waals surface area contributed by atoms with Crippen LogP contribution in [-0.2, 0) is 0 Å². The molecule has 0 unspecified atom stereocenters. The number of anilines is 3. The Kier molecular flexibility index (Phi) is 4.70. The van der Waals surface area contributed by atoms with Crippen molar-refractivity contribution < 1.29 is 13.6 Å². The van der Waals surface area contributed by atoms with Gasteiger partial charge in [0.1, 0.15) is 17.5 Å². The van der Waals surface area contributed by atoms with Crippen molar-refractivity contribution in [2.45, 2.75) is 6.92 Å². The van der Waals surface area contributed by atoms with Crippen LogP contribution in [0.5, 0.6) is 0 Å². The molecule has 126 valence electrons. The number of hydrogen-bond donors (Lipinski definition) is 2. The maximum absolute atomic E-state index is 13.6. The van der Waals surface area contributed by atoms with Crippen molar-refractivity contribution in [2.75, 3.05) is 10.6 Å². The maximum Gasteiger partial charge on any atom is 0.257 e. The van der Waals surface area contributed by atoms with Crippen molar-refractivity contribution in [1.29, 1.82) is 0 Å². The first-order valence-electron chi connectivity index (χ1n) is 7.58. The second kappa shape index (κ2) is 7.09. The Morgan fingerprint density at radius 2 is 1.84 bits per heavy atom. The van der Waals surface area contributed by atoms with Crippen LogP contribution in [0.25, 0.3) is 0 Å². The van der Waals surface area contributed by atoms with Crippen molar-refractivity contribution in [3.05, 3.63) is 83.6 Å². The zero-order valence-electron chi connectivity index (χ0n) is 13.4. The molecule has 0 saturated carbocycles. The van der Waals surface area contributed by atoms with Gasteiger partial charge in [0, 0.05) is 11.6 Å². The SMILES string of the molecule is Cc1ccccc1C(=O)Nc1ccc(Nc2ccc(F)cc2F)cn1. The van der Waals surface area contributed by atoms with Gasteiger partial charge in [0.2, 0.25) is 0 Å². The summed E-state index contributed by atoms with van der Waals surface area (Å²) in [5.74, 6) is -1.22. The van der Waals surface area contributed by atoms with Gasteiger partial charge >= 0.3 is 0 Å². The Bertz CT molecular complexity index is 911. The van der Waals surface area contributed by atoms with Crippen LogP contribution in [0.3, 0.4) is 0 Å². The van der Waals surface area contributed by atoms with Crippen molar-refractivity contribution in [1.82, 2.24) is 4.98 Å². The molecule has 0 bridgehead atoms. The Morgan fingerprint density at radius 3 is 2.52 bits per heavy atom. The van der Waals surface area contributed by atoms with Crippen LogP contribution in [0.4, 0.5) is 26.0 Å². The summed E-state index contributed by atoms with van der Waals surface area (Å²) in [6, 6.07) is 13.7. The molecular formula is C19H15F2N3O. The summed E-state index contributed by atoms with van der Waals surface area (Å²) in [7, 11) is 0. The van der Waals surface area contributed by atoms with E-state index in [-0.39, 0.29) is 11.6 Å². The second-order valence-electron chi connectivity index (χ2n) is 5.45. The van der Waals surface area contributed by atoms with Crippen LogP contribution in [0.2, 0.25) is 0 Å². The molecule has 0 aliphatic heterocycles. The van der Waals surface area contributed by atoms with Gasteiger partial charge in [-0.2, -0.15) is 0 Å². The van der Waals surface area contributed by atoms with E-state index in [4.69, 9.17) is 0 Å². The van der Waals surface area contributed by atoms with Gasteiger partial charge in [0.25, 0.3) is 5.91 Å². The topological polar surface area (TPSA) is 54.0 Å². The lowest BCUT2D eigenvalue weighted by atomic mass is 10.1. The molecule has 6 heteroatoms. The summed E-state index contributed by atoms with van der Waals surface area (Å²) in [5.41, 5.74) is 2.09. The van der Waals surface area contributed by atoms with Crippen molar-refractivity contribution >= 4 is 23.1 Å². The summed E-state index contributed by atoms with van der Waals surface area (Å²) in [6.45, 7) is 1.85. The largest absolute Gasteiger partial charge is 0.352 e. The standard InChI is InChI=1S/C19H15F2N3O/c1-12-4-2-3-5-15(12)19(25)24-18-9-7-14(11-22-18)23-17-8-6-13(20)10-16(17)21/h2-11,23H,1H3,(H,22,24,25). The molecule has 0 fully saturated rings. The third kappa shape index (κ3) is 3.98. The predicted octanol–water partition coefficient (Wildman–Crippen LogP) is 4.66. The Hall–Kier alpha value is -3.28. The van der Waals surface area contributed by atoms with E-state index < -0.39 is 11.6 Å². The van der Waals surface area contributed by atoms with Crippen molar-refractivity contribution in [3.63, 3.8) is 0 Å². The zero-order valence-corrected chi connectivity index (χ0v) is 13.4. The number of aryl methyl sites for hydroxylation is 1. The normalized spacial score (nSPS) is 10.4. The molecule has 25 heavy (non-hydrogen) atoms. The lowest BCUT2D eigenvalue weighted by Gasteiger charge is -2.09. The summed E-state index contributed by atoms with van der Waals surface area (Å²) in [5, 5.41) is 5.51. The number of aromatic nitrogens is 1. The third-order valence-corrected chi connectivity index (χ3v) is 3.60. The van der Waals surface area contributed by atoms with Gasteiger partial charge in [-0.1, -0.05) is 18.2 Å². The maximum atomic E-state index is 13.6. The quantitative estimate of drug-likeness (QED) is 0.727. The lowest BCUT2D eigenvalue weighted by molar-refractivity contribution is 0.102. The fourth-order valence-electron chi connectivity index (χ4n) is 2.30. The highest BCUT2D eigenvalue weighted by Gasteiger charge is 2.09. The number of carbonyl (C=O) groups excluding carboxylic acids is 1. The summed E-state index contributed by atoms with van der Waals surface area (Å²) in [4.78, 5) is 16.4. The molecule has 0 aliphatic rings. The zero-order chi connectivity index (χ0) is 17.8. The first kappa shape index (κ1) is 16.6. The van der Waals surface area contributed by atoms with Crippen LogP contribution >= 0.6 is 0 Å². The molecule has 0 atom stereocenters. The predicted molar refractivity (Wildman–Crippen MR) is 93.0 cm³/mol. The van der Waals surface area contributed by atoms with Gasteiger partial charge in [-0.05, 0) is 42.8 Å². The number of nitrogens with one attached hydrogen (secondary N) is 2. The van der Waals surface area contributed by atoms with E-state index in [2.05, 4.69) is 15.6 Å². The van der Waals surface area contributed by atoms with Gasteiger partial charge in [-0.3, -0.25) is 4.79 Å². The number of hydrogen-bond acceptors (Lipinski definition) is 3. The molecule has 2 aromatic carbocycles. The number of halogens is 2. The summed E-state index contributed by atoms with van der Waals surface area (Å²) in [6.07, 6.45) is 1.45. The van der Waals surface area contributed by atoms with Crippen LogP contribution in [0, 0.1) is 18.6 Å². The summed E-state index contributed by atoms with van der Waals surface area (Å²) >= 11 is 0. The molecular weight excluding hydrogens is 324 g/mol. The smallest absolute Gasteiger partial charge is 0.257 e. The fourth-order valence-corrected chi connectivity index (χ4v) is 2.30. The van der Waals surface area contributed by atoms with Crippen LogP contribution in [0.1, 0.15) is 15.9 Å². The number of pyridine rings is 1. The van der Waals surface area contributed by atoms with E-state index in [1.54, 1.807) is 24.3 Å². The van der Waals surface area contributed by atoms with Crippen molar-refractivity contribution in [3.8, 4) is 0 Å². The van der Waals surface area contributed by atoms with E-state index in [1.807, 2.05) is 19.1 Å². The highest BCUT2D eigenvalue weighted by molar-refractivity contribution is 6.04. The number of rotatable bonds is 4. The molecule has 0 aliphatic carbocycles. The molecule has 1 amide bonds. The molecule has 1 aromatic heterocycles. The summed E-state index contributed by atoms with van der Waals surface area (Å²) < 4.78 is 26.5. The van der Waals surface area contributed by atoms with Gasteiger partial charge in [-0.15, -0.1) is 0 Å². The Labute approximate surface area is 143 Å². The molecule has 3 rings (SSSR count). The molecule has 3 aromatic rings. The molecule has 1 heterocycles. The number of amides is 1. The number of nitrogens with zero attached hydrogens (tertiary/aromatic N) is 1. The van der Waals surface area contributed by atoms with Crippen molar-refractivity contribution in [2.24, 2.45) is 0 Å². The van der Waals surface area contributed by atoms with E-state index >= 15 is 0 Å². The first-order valence-corrected chi connectivity index (χ1v) is 7.58. The highest BCUT2D eigenvalue weighted by Crippen LogP contribution is 2.21. The van der Waals surface area contributed by atoms with E-state index in [9.17, 15) is 13.6 Å². The average molecular weight is 339 g/mol. The van der Waals surface area contributed by atoms with Crippen LogP contribution in [0.15, 0.2) is 60.8 Å². The monoisotopic (exact) mass is 339 g/mol. The van der Waals surface area contributed by atoms with E-state index in [0.29, 0.717) is 17.1 Å². The Morgan fingerprint density at radius 1 is 1.04 bits per heavy atom. The highest BCUT2D eigenvalue weighted by atomic mass is 19.1. The minimum Gasteiger partial charge on any atom is -0.352 e. The molecule has 2 N–H and O–H groups in total. The molecule has 4 nitrogen and oxygen atoms in total.